The molecule has 1 aromatic heterocycles. The molecule has 0 saturated carbocycles. The minimum Gasteiger partial charge on any atom is -0.459 e. The zero-order valence-electron chi connectivity index (χ0n) is 9.72. The maximum atomic E-state index is 11.8. The van der Waals surface area contributed by atoms with Crippen molar-refractivity contribution in [1.29, 1.82) is 0 Å². The van der Waals surface area contributed by atoms with Crippen molar-refractivity contribution in [2.45, 2.75) is 19.4 Å². The summed E-state index contributed by atoms with van der Waals surface area (Å²) in [6.07, 6.45) is 2.34. The van der Waals surface area contributed by atoms with Crippen LogP contribution in [0.25, 0.3) is 0 Å². The van der Waals surface area contributed by atoms with Gasteiger partial charge >= 0.3 is 0 Å². The fraction of sp³-hybridized carbons (Fsp3) is 0.214. The van der Waals surface area contributed by atoms with E-state index in [2.05, 4.69) is 5.32 Å². The van der Waals surface area contributed by atoms with E-state index in [0.717, 1.165) is 12.0 Å². The average molecular weight is 229 g/mol. The monoisotopic (exact) mass is 229 g/mol. The molecule has 0 aliphatic heterocycles. The third-order valence-electron chi connectivity index (χ3n) is 2.66. The zero-order valence-corrected chi connectivity index (χ0v) is 9.72. The van der Waals surface area contributed by atoms with E-state index in [4.69, 9.17) is 4.42 Å². The lowest BCUT2D eigenvalue weighted by atomic mass is 10.0. The molecule has 2 aromatic rings. The number of benzene rings is 1. The van der Waals surface area contributed by atoms with E-state index >= 15 is 0 Å². The fourth-order valence-corrected chi connectivity index (χ4v) is 1.74. The molecule has 1 atom stereocenters. The summed E-state index contributed by atoms with van der Waals surface area (Å²) in [5.74, 6) is 0.171. The average Bonchev–Trinajstić information content (AvgIpc) is 2.90. The van der Waals surface area contributed by atoms with Gasteiger partial charge in [0.05, 0.1) is 12.3 Å². The van der Waals surface area contributed by atoms with Crippen LogP contribution in [0.4, 0.5) is 0 Å². The van der Waals surface area contributed by atoms with E-state index in [0.29, 0.717) is 5.76 Å². The summed E-state index contributed by atoms with van der Waals surface area (Å²) in [7, 11) is 0. The van der Waals surface area contributed by atoms with Crippen LogP contribution in [0.2, 0.25) is 0 Å². The lowest BCUT2D eigenvalue weighted by Crippen LogP contribution is -2.27. The zero-order chi connectivity index (χ0) is 12.1. The molecule has 1 amide bonds. The minimum absolute atomic E-state index is 0.0220. The first kappa shape index (κ1) is 11.5. The minimum atomic E-state index is -0.175. The molecule has 0 unspecified atom stereocenters. The van der Waals surface area contributed by atoms with E-state index in [-0.39, 0.29) is 11.9 Å². The molecule has 1 aromatic carbocycles. The lowest BCUT2D eigenvalue weighted by molar-refractivity contribution is 0.0907. The summed E-state index contributed by atoms with van der Waals surface area (Å²) >= 11 is 0. The SMILES string of the molecule is CC[C@@H](NC(=O)c1ccco1)c1ccccc1. The van der Waals surface area contributed by atoms with Gasteiger partial charge < -0.3 is 9.73 Å². The lowest BCUT2D eigenvalue weighted by Gasteiger charge is -2.16. The number of furan rings is 1. The van der Waals surface area contributed by atoms with Gasteiger partial charge in [0, 0.05) is 0 Å². The molecule has 88 valence electrons. The Kier molecular flexibility index (Phi) is 3.60. The largest absolute Gasteiger partial charge is 0.459 e. The Labute approximate surface area is 100 Å². The second-order valence-corrected chi connectivity index (χ2v) is 3.82. The first-order chi connectivity index (χ1) is 8.31. The standard InChI is InChI=1S/C14H15NO2/c1-2-12(11-7-4-3-5-8-11)15-14(16)13-9-6-10-17-13/h3-10,12H,2H2,1H3,(H,15,16)/t12-/m1/s1. The summed E-state index contributed by atoms with van der Waals surface area (Å²) in [4.78, 5) is 11.8. The number of hydrogen-bond acceptors (Lipinski definition) is 2. The van der Waals surface area contributed by atoms with Crippen LogP contribution in [0, 0.1) is 0 Å². The molecule has 1 heterocycles. The first-order valence-electron chi connectivity index (χ1n) is 5.70. The van der Waals surface area contributed by atoms with Crippen molar-refractivity contribution in [2.75, 3.05) is 0 Å². The predicted molar refractivity (Wildman–Crippen MR) is 65.6 cm³/mol. The van der Waals surface area contributed by atoms with Gasteiger partial charge in [-0.1, -0.05) is 37.3 Å². The van der Waals surface area contributed by atoms with Gasteiger partial charge in [-0.2, -0.15) is 0 Å². The molecule has 1 N–H and O–H groups in total. The molecular weight excluding hydrogens is 214 g/mol. The Morgan fingerprint density at radius 3 is 2.59 bits per heavy atom. The van der Waals surface area contributed by atoms with Crippen LogP contribution in [0.3, 0.4) is 0 Å². The summed E-state index contributed by atoms with van der Waals surface area (Å²) in [6, 6.07) is 13.3. The molecule has 17 heavy (non-hydrogen) atoms. The molecule has 3 heteroatoms. The predicted octanol–water partition coefficient (Wildman–Crippen LogP) is 3.16. The Hall–Kier alpha value is -2.03. The van der Waals surface area contributed by atoms with E-state index in [1.807, 2.05) is 37.3 Å². The molecule has 0 aliphatic carbocycles. The number of nitrogens with one attached hydrogen (secondary N) is 1. The fourth-order valence-electron chi connectivity index (χ4n) is 1.74. The van der Waals surface area contributed by atoms with Crippen molar-refractivity contribution in [3.63, 3.8) is 0 Å². The van der Waals surface area contributed by atoms with Gasteiger partial charge in [0.1, 0.15) is 0 Å². The quantitative estimate of drug-likeness (QED) is 0.875. The van der Waals surface area contributed by atoms with Crippen molar-refractivity contribution in [1.82, 2.24) is 5.32 Å². The van der Waals surface area contributed by atoms with Crippen LogP contribution in [-0.4, -0.2) is 5.91 Å². The highest BCUT2D eigenvalue weighted by Gasteiger charge is 2.15. The maximum Gasteiger partial charge on any atom is 0.287 e. The van der Waals surface area contributed by atoms with E-state index in [1.165, 1.54) is 6.26 Å². The van der Waals surface area contributed by atoms with Crippen LogP contribution in [0.5, 0.6) is 0 Å². The van der Waals surface area contributed by atoms with Gasteiger partial charge in [-0.15, -0.1) is 0 Å². The highest BCUT2D eigenvalue weighted by atomic mass is 16.3. The molecule has 0 saturated heterocycles. The third kappa shape index (κ3) is 2.75. The second-order valence-electron chi connectivity index (χ2n) is 3.82. The second kappa shape index (κ2) is 5.34. The first-order valence-corrected chi connectivity index (χ1v) is 5.70. The highest BCUT2D eigenvalue weighted by Crippen LogP contribution is 2.16. The van der Waals surface area contributed by atoms with Crippen molar-refractivity contribution in [3.05, 3.63) is 60.1 Å². The van der Waals surface area contributed by atoms with Crippen LogP contribution in [0.1, 0.15) is 35.5 Å². The number of carbonyl (C=O) groups is 1. The topological polar surface area (TPSA) is 42.2 Å². The number of carbonyl (C=O) groups excluding carboxylic acids is 1. The molecule has 0 spiro atoms. The molecule has 0 fully saturated rings. The van der Waals surface area contributed by atoms with Gasteiger partial charge in [-0.05, 0) is 24.1 Å². The number of rotatable bonds is 4. The molecule has 0 radical (unpaired) electrons. The van der Waals surface area contributed by atoms with Crippen molar-refractivity contribution in [3.8, 4) is 0 Å². The Bertz CT molecular complexity index is 462. The van der Waals surface area contributed by atoms with Gasteiger partial charge in [0.25, 0.3) is 5.91 Å². The van der Waals surface area contributed by atoms with Crippen molar-refractivity contribution in [2.24, 2.45) is 0 Å². The third-order valence-corrected chi connectivity index (χ3v) is 2.66. The maximum absolute atomic E-state index is 11.8. The molecular formula is C14H15NO2. The molecule has 3 nitrogen and oxygen atoms in total. The number of hydrogen-bond donors (Lipinski definition) is 1. The Morgan fingerprint density at radius 1 is 1.24 bits per heavy atom. The van der Waals surface area contributed by atoms with Gasteiger partial charge in [-0.25, -0.2) is 0 Å². The van der Waals surface area contributed by atoms with Gasteiger partial charge in [0.15, 0.2) is 5.76 Å². The summed E-state index contributed by atoms with van der Waals surface area (Å²) in [6.45, 7) is 2.04. The van der Waals surface area contributed by atoms with Crippen LogP contribution in [-0.2, 0) is 0 Å². The van der Waals surface area contributed by atoms with E-state index in [1.54, 1.807) is 12.1 Å². The smallest absolute Gasteiger partial charge is 0.287 e. The van der Waals surface area contributed by atoms with E-state index in [9.17, 15) is 4.79 Å². The summed E-state index contributed by atoms with van der Waals surface area (Å²) < 4.78 is 5.06. The Balaban J connectivity index is 2.09. The molecule has 2 rings (SSSR count). The van der Waals surface area contributed by atoms with Crippen LogP contribution >= 0.6 is 0 Å². The van der Waals surface area contributed by atoms with E-state index < -0.39 is 0 Å². The number of amides is 1. The van der Waals surface area contributed by atoms with Crippen molar-refractivity contribution >= 4 is 5.91 Å². The van der Waals surface area contributed by atoms with Gasteiger partial charge in [-0.3, -0.25) is 4.79 Å². The highest BCUT2D eigenvalue weighted by molar-refractivity contribution is 5.91. The van der Waals surface area contributed by atoms with Crippen LogP contribution < -0.4 is 5.32 Å². The normalized spacial score (nSPS) is 12.1. The van der Waals surface area contributed by atoms with Crippen LogP contribution in [0.15, 0.2) is 53.1 Å². The molecule has 0 aliphatic rings. The Morgan fingerprint density at radius 2 is 2.00 bits per heavy atom. The molecule has 0 bridgehead atoms. The van der Waals surface area contributed by atoms with Gasteiger partial charge in [0.2, 0.25) is 0 Å². The summed E-state index contributed by atoms with van der Waals surface area (Å²) in [5.41, 5.74) is 1.11. The summed E-state index contributed by atoms with van der Waals surface area (Å²) in [5, 5.41) is 2.95. The van der Waals surface area contributed by atoms with Crippen molar-refractivity contribution < 1.29 is 9.21 Å².